The molecule has 1 rings (SSSR count). The predicted octanol–water partition coefficient (Wildman–Crippen LogP) is 1.90. The minimum Gasteiger partial charge on any atom is -0.409 e. The fraction of sp³-hybridized carbons (Fsp3) is 0.533. The van der Waals surface area contributed by atoms with E-state index in [4.69, 9.17) is 10.9 Å². The van der Waals surface area contributed by atoms with Crippen LogP contribution in [-0.2, 0) is 6.54 Å². The summed E-state index contributed by atoms with van der Waals surface area (Å²) in [7, 11) is 0. The zero-order chi connectivity index (χ0) is 15.8. The summed E-state index contributed by atoms with van der Waals surface area (Å²) in [4.78, 5) is 2.07. The van der Waals surface area contributed by atoms with E-state index in [1.807, 2.05) is 0 Å². The van der Waals surface area contributed by atoms with Gasteiger partial charge in [-0.2, -0.15) is 0 Å². The number of aliphatic hydroxyl groups excluding tert-OH is 1. The van der Waals surface area contributed by atoms with Crippen LogP contribution >= 0.6 is 0 Å². The highest BCUT2D eigenvalue weighted by Crippen LogP contribution is 2.17. The SMILES string of the molecule is CCC(CC)N(CCO)Cc1ccc(C(N)=NO)cc1F. The van der Waals surface area contributed by atoms with E-state index in [0.29, 0.717) is 30.3 Å². The molecule has 1 aromatic carbocycles. The van der Waals surface area contributed by atoms with Crippen LogP contribution in [-0.4, -0.2) is 40.2 Å². The molecule has 1 aromatic rings. The fourth-order valence-electron chi connectivity index (χ4n) is 2.44. The number of nitrogens with two attached hydrogens (primary N) is 1. The van der Waals surface area contributed by atoms with Crippen molar-refractivity contribution >= 4 is 5.84 Å². The van der Waals surface area contributed by atoms with Gasteiger partial charge < -0.3 is 16.0 Å². The summed E-state index contributed by atoms with van der Waals surface area (Å²) in [5, 5.41) is 20.6. The lowest BCUT2D eigenvalue weighted by Gasteiger charge is -2.30. The van der Waals surface area contributed by atoms with Gasteiger partial charge in [0.15, 0.2) is 5.84 Å². The molecule has 0 aromatic heterocycles. The lowest BCUT2D eigenvalue weighted by molar-refractivity contribution is 0.135. The first-order valence-electron chi connectivity index (χ1n) is 7.18. The molecule has 0 radical (unpaired) electrons. The van der Waals surface area contributed by atoms with Crippen LogP contribution in [0, 0.1) is 5.82 Å². The lowest BCUT2D eigenvalue weighted by Crippen LogP contribution is -2.36. The largest absolute Gasteiger partial charge is 0.409 e. The van der Waals surface area contributed by atoms with Crippen LogP contribution in [0.2, 0.25) is 0 Å². The molecule has 0 saturated heterocycles. The quantitative estimate of drug-likeness (QED) is 0.296. The first-order chi connectivity index (χ1) is 10.1. The fourth-order valence-corrected chi connectivity index (χ4v) is 2.44. The van der Waals surface area contributed by atoms with Gasteiger partial charge in [-0.15, -0.1) is 0 Å². The van der Waals surface area contributed by atoms with E-state index in [1.165, 1.54) is 6.07 Å². The molecule has 0 fully saturated rings. The third-order valence-corrected chi connectivity index (χ3v) is 3.68. The van der Waals surface area contributed by atoms with Crippen LogP contribution in [0.5, 0.6) is 0 Å². The first kappa shape index (κ1) is 17.4. The Labute approximate surface area is 124 Å². The van der Waals surface area contributed by atoms with Gasteiger partial charge in [0.1, 0.15) is 5.82 Å². The lowest BCUT2D eigenvalue weighted by atomic mass is 10.1. The van der Waals surface area contributed by atoms with Crippen molar-refractivity contribution in [3.8, 4) is 0 Å². The summed E-state index contributed by atoms with van der Waals surface area (Å²) < 4.78 is 14.1. The summed E-state index contributed by atoms with van der Waals surface area (Å²) in [5.41, 5.74) is 6.32. The van der Waals surface area contributed by atoms with Gasteiger partial charge >= 0.3 is 0 Å². The van der Waals surface area contributed by atoms with Crippen molar-refractivity contribution in [2.24, 2.45) is 10.9 Å². The van der Waals surface area contributed by atoms with Crippen molar-refractivity contribution in [3.63, 3.8) is 0 Å². The molecule has 5 nitrogen and oxygen atoms in total. The average molecular weight is 297 g/mol. The minimum atomic E-state index is -0.395. The third kappa shape index (κ3) is 4.68. The molecule has 0 saturated carbocycles. The van der Waals surface area contributed by atoms with Crippen molar-refractivity contribution in [1.82, 2.24) is 4.90 Å². The van der Waals surface area contributed by atoms with Crippen LogP contribution in [0.3, 0.4) is 0 Å². The van der Waals surface area contributed by atoms with Crippen molar-refractivity contribution in [2.45, 2.75) is 39.3 Å². The number of oxime groups is 1. The highest BCUT2D eigenvalue weighted by molar-refractivity contribution is 5.97. The molecule has 0 aliphatic rings. The second-order valence-electron chi connectivity index (χ2n) is 4.96. The number of benzene rings is 1. The topological polar surface area (TPSA) is 82.1 Å². The van der Waals surface area contributed by atoms with Gasteiger partial charge in [-0.05, 0) is 18.9 Å². The molecule has 6 heteroatoms. The Morgan fingerprint density at radius 1 is 1.38 bits per heavy atom. The molecule has 21 heavy (non-hydrogen) atoms. The number of nitrogens with zero attached hydrogens (tertiary/aromatic N) is 2. The van der Waals surface area contributed by atoms with Gasteiger partial charge in [0.05, 0.1) is 6.61 Å². The van der Waals surface area contributed by atoms with E-state index in [-0.39, 0.29) is 12.4 Å². The number of aliphatic hydroxyl groups is 1. The molecular weight excluding hydrogens is 273 g/mol. The molecule has 0 atom stereocenters. The van der Waals surface area contributed by atoms with E-state index in [1.54, 1.807) is 12.1 Å². The van der Waals surface area contributed by atoms with Gasteiger partial charge in [-0.25, -0.2) is 4.39 Å². The van der Waals surface area contributed by atoms with Gasteiger partial charge in [-0.3, -0.25) is 4.90 Å². The summed E-state index contributed by atoms with van der Waals surface area (Å²) in [5.74, 6) is -0.513. The normalized spacial score (nSPS) is 12.4. The minimum absolute atomic E-state index is 0.0420. The second-order valence-corrected chi connectivity index (χ2v) is 4.96. The smallest absolute Gasteiger partial charge is 0.170 e. The predicted molar refractivity (Wildman–Crippen MR) is 80.8 cm³/mol. The zero-order valence-electron chi connectivity index (χ0n) is 12.6. The van der Waals surface area contributed by atoms with Crippen molar-refractivity contribution in [1.29, 1.82) is 0 Å². The summed E-state index contributed by atoms with van der Waals surface area (Å²) in [6.07, 6.45) is 1.89. The molecule has 0 bridgehead atoms. The van der Waals surface area contributed by atoms with Crippen LogP contribution in [0.1, 0.15) is 37.8 Å². The van der Waals surface area contributed by atoms with Gasteiger partial charge in [0.25, 0.3) is 0 Å². The highest BCUT2D eigenvalue weighted by atomic mass is 19.1. The maximum absolute atomic E-state index is 14.1. The Kier molecular flexibility index (Phi) is 7.11. The van der Waals surface area contributed by atoms with Crippen LogP contribution in [0.25, 0.3) is 0 Å². The van der Waals surface area contributed by atoms with Crippen LogP contribution in [0.4, 0.5) is 4.39 Å². The Morgan fingerprint density at radius 2 is 2.05 bits per heavy atom. The molecule has 0 amide bonds. The second kappa shape index (κ2) is 8.59. The molecule has 4 N–H and O–H groups in total. The van der Waals surface area contributed by atoms with Crippen molar-refractivity contribution < 1.29 is 14.7 Å². The summed E-state index contributed by atoms with van der Waals surface area (Å²) >= 11 is 0. The average Bonchev–Trinajstić information content (AvgIpc) is 2.49. The maximum atomic E-state index is 14.1. The number of hydrogen-bond acceptors (Lipinski definition) is 4. The number of amidine groups is 1. The standard InChI is InChI=1S/C15H24FN3O2/c1-3-13(4-2)19(7-8-20)10-12-6-5-11(9-14(12)16)15(17)18-21/h5-6,9,13,20-21H,3-4,7-8,10H2,1-2H3,(H2,17,18). The van der Waals surface area contributed by atoms with Crippen molar-refractivity contribution in [3.05, 3.63) is 35.1 Å². The van der Waals surface area contributed by atoms with E-state index in [0.717, 1.165) is 12.8 Å². The molecule has 0 aliphatic heterocycles. The monoisotopic (exact) mass is 297 g/mol. The Morgan fingerprint density at radius 3 is 2.52 bits per heavy atom. The molecule has 118 valence electrons. The van der Waals surface area contributed by atoms with Gasteiger partial charge in [-0.1, -0.05) is 31.1 Å². The summed E-state index contributed by atoms with van der Waals surface area (Å²) in [6, 6.07) is 4.82. The molecule has 0 unspecified atom stereocenters. The number of rotatable bonds is 8. The Bertz CT molecular complexity index is 476. The van der Waals surface area contributed by atoms with Crippen molar-refractivity contribution in [2.75, 3.05) is 13.2 Å². The zero-order valence-corrected chi connectivity index (χ0v) is 12.6. The van der Waals surface area contributed by atoms with Crippen LogP contribution in [0.15, 0.2) is 23.4 Å². The molecule has 0 aliphatic carbocycles. The van der Waals surface area contributed by atoms with E-state index in [9.17, 15) is 9.50 Å². The highest BCUT2D eigenvalue weighted by Gasteiger charge is 2.17. The number of hydrogen-bond donors (Lipinski definition) is 3. The van der Waals surface area contributed by atoms with Gasteiger partial charge in [0, 0.05) is 30.3 Å². The Hall–Kier alpha value is -1.66. The Balaban J connectivity index is 2.94. The number of halogens is 1. The first-order valence-corrected chi connectivity index (χ1v) is 7.18. The van der Waals surface area contributed by atoms with E-state index in [2.05, 4.69) is 23.9 Å². The van der Waals surface area contributed by atoms with Gasteiger partial charge in [0.2, 0.25) is 0 Å². The van der Waals surface area contributed by atoms with Crippen LogP contribution < -0.4 is 5.73 Å². The summed E-state index contributed by atoms with van der Waals surface area (Å²) in [6.45, 7) is 5.14. The van der Waals surface area contributed by atoms with E-state index >= 15 is 0 Å². The van der Waals surface area contributed by atoms with E-state index < -0.39 is 5.82 Å². The third-order valence-electron chi connectivity index (χ3n) is 3.68. The molecule has 0 heterocycles. The maximum Gasteiger partial charge on any atom is 0.170 e. The molecular formula is C15H24FN3O2. The molecule has 0 spiro atoms.